The predicted molar refractivity (Wildman–Crippen MR) is 54.7 cm³/mol. The van der Waals surface area contributed by atoms with Gasteiger partial charge in [0, 0.05) is 18.4 Å². The van der Waals surface area contributed by atoms with E-state index in [9.17, 15) is 0 Å². The van der Waals surface area contributed by atoms with E-state index in [1.165, 1.54) is 36.1 Å². The van der Waals surface area contributed by atoms with Crippen molar-refractivity contribution in [2.24, 2.45) is 0 Å². The highest BCUT2D eigenvalue weighted by Gasteiger charge is 2.20. The van der Waals surface area contributed by atoms with Crippen molar-refractivity contribution >= 4 is 0 Å². The molecule has 13 heavy (non-hydrogen) atoms. The highest BCUT2D eigenvalue weighted by Crippen LogP contribution is 2.19. The molecule has 0 radical (unpaired) electrons. The first kappa shape index (κ1) is 8.76. The Hall–Kier alpha value is -0.820. The van der Waals surface area contributed by atoms with E-state index < -0.39 is 0 Å². The lowest BCUT2D eigenvalue weighted by Gasteiger charge is -2.09. The lowest BCUT2D eigenvalue weighted by molar-refractivity contribution is -0.676. The third kappa shape index (κ3) is 1.92. The summed E-state index contributed by atoms with van der Waals surface area (Å²) in [6.45, 7) is 5.68. The van der Waals surface area contributed by atoms with E-state index in [0.29, 0.717) is 0 Å². The molecule has 2 N–H and O–H groups in total. The molecule has 1 aromatic carbocycles. The molecule has 70 valence electrons. The van der Waals surface area contributed by atoms with Gasteiger partial charge in [0.25, 0.3) is 0 Å². The third-order valence-corrected chi connectivity index (χ3v) is 2.84. The Morgan fingerprint density at radius 1 is 1.15 bits per heavy atom. The zero-order chi connectivity index (χ0) is 9.26. The molecule has 0 amide bonds. The number of quaternary nitrogens is 1. The predicted octanol–water partition coefficient (Wildman–Crippen LogP) is 1.70. The van der Waals surface area contributed by atoms with Crippen LogP contribution < -0.4 is 5.32 Å². The first-order valence-corrected chi connectivity index (χ1v) is 5.17. The van der Waals surface area contributed by atoms with Gasteiger partial charge < -0.3 is 5.32 Å². The zero-order valence-corrected chi connectivity index (χ0v) is 8.51. The zero-order valence-electron chi connectivity index (χ0n) is 8.51. The average Bonchev–Trinajstić information content (AvgIpc) is 2.53. The number of hydrogen-bond acceptors (Lipinski definition) is 0. The minimum Gasteiger partial charge on any atom is -0.340 e. The SMILES string of the molecule is Cc1cc(C)cc([C@H]2CCC[NH2+]2)c1. The van der Waals surface area contributed by atoms with Crippen molar-refractivity contribution in [3.05, 3.63) is 34.9 Å². The van der Waals surface area contributed by atoms with Gasteiger partial charge in [0.05, 0.1) is 6.54 Å². The topological polar surface area (TPSA) is 16.6 Å². The molecule has 0 spiro atoms. The Bertz CT molecular complexity index is 278. The first-order valence-electron chi connectivity index (χ1n) is 5.17. The van der Waals surface area contributed by atoms with Crippen molar-refractivity contribution in [3.63, 3.8) is 0 Å². The van der Waals surface area contributed by atoms with Gasteiger partial charge in [0.2, 0.25) is 0 Å². The van der Waals surface area contributed by atoms with Crippen LogP contribution >= 0.6 is 0 Å². The second kappa shape index (κ2) is 3.51. The van der Waals surface area contributed by atoms with E-state index in [4.69, 9.17) is 0 Å². The minimum atomic E-state index is 0.735. The van der Waals surface area contributed by atoms with Crippen molar-refractivity contribution in [1.29, 1.82) is 0 Å². The first-order chi connectivity index (χ1) is 6.25. The number of nitrogens with two attached hydrogens (primary N) is 1. The summed E-state index contributed by atoms with van der Waals surface area (Å²) in [7, 11) is 0. The van der Waals surface area contributed by atoms with Crippen LogP contribution in [0.2, 0.25) is 0 Å². The van der Waals surface area contributed by atoms with Crippen molar-refractivity contribution in [1.82, 2.24) is 0 Å². The van der Waals surface area contributed by atoms with Gasteiger partial charge in [-0.25, -0.2) is 0 Å². The summed E-state index contributed by atoms with van der Waals surface area (Å²) < 4.78 is 0. The smallest absolute Gasteiger partial charge is 0.112 e. The number of benzene rings is 1. The summed E-state index contributed by atoms with van der Waals surface area (Å²) in [4.78, 5) is 0. The Morgan fingerprint density at radius 3 is 2.38 bits per heavy atom. The molecule has 1 heteroatoms. The van der Waals surface area contributed by atoms with Crippen LogP contribution in [0, 0.1) is 13.8 Å². The Kier molecular flexibility index (Phi) is 2.36. The minimum absolute atomic E-state index is 0.735. The Morgan fingerprint density at radius 2 is 1.85 bits per heavy atom. The van der Waals surface area contributed by atoms with Crippen LogP contribution in [0.4, 0.5) is 0 Å². The van der Waals surface area contributed by atoms with Gasteiger partial charge in [-0.15, -0.1) is 0 Å². The molecular formula is C12H18N+. The molecule has 1 nitrogen and oxygen atoms in total. The average molecular weight is 176 g/mol. The van der Waals surface area contributed by atoms with Gasteiger partial charge in [-0.3, -0.25) is 0 Å². The van der Waals surface area contributed by atoms with Gasteiger partial charge in [0.1, 0.15) is 6.04 Å². The van der Waals surface area contributed by atoms with Crippen molar-refractivity contribution in [3.8, 4) is 0 Å². The monoisotopic (exact) mass is 176 g/mol. The standard InChI is InChI=1S/C12H17N/c1-9-6-10(2)8-11(7-9)12-4-3-5-13-12/h6-8,12-13H,3-5H2,1-2H3/p+1/t12-/m1/s1. The van der Waals surface area contributed by atoms with Crippen LogP contribution in [0.5, 0.6) is 0 Å². The molecule has 2 rings (SSSR count). The molecule has 1 atom stereocenters. The molecule has 0 bridgehead atoms. The lowest BCUT2D eigenvalue weighted by atomic mass is 10.0. The van der Waals surface area contributed by atoms with E-state index in [1.807, 2.05) is 0 Å². The maximum absolute atomic E-state index is 2.47. The van der Waals surface area contributed by atoms with Gasteiger partial charge in [-0.1, -0.05) is 29.3 Å². The van der Waals surface area contributed by atoms with E-state index in [1.54, 1.807) is 0 Å². The molecular weight excluding hydrogens is 158 g/mol. The Labute approximate surface area is 80.2 Å². The van der Waals surface area contributed by atoms with Gasteiger partial charge >= 0.3 is 0 Å². The summed E-state index contributed by atoms with van der Waals surface area (Å²) in [5.74, 6) is 0. The van der Waals surface area contributed by atoms with Gasteiger partial charge in [0.15, 0.2) is 0 Å². The van der Waals surface area contributed by atoms with E-state index in [-0.39, 0.29) is 0 Å². The van der Waals surface area contributed by atoms with Crippen molar-refractivity contribution in [2.45, 2.75) is 32.7 Å². The van der Waals surface area contributed by atoms with E-state index >= 15 is 0 Å². The number of aryl methyl sites for hydroxylation is 2. The summed E-state index contributed by atoms with van der Waals surface area (Å²) >= 11 is 0. The largest absolute Gasteiger partial charge is 0.340 e. The molecule has 1 heterocycles. The highest BCUT2D eigenvalue weighted by atomic mass is 14.9. The molecule has 1 aromatic rings. The normalized spacial score (nSPS) is 22.2. The summed E-state index contributed by atoms with van der Waals surface area (Å²) in [6, 6.07) is 7.65. The summed E-state index contributed by atoms with van der Waals surface area (Å²) in [5, 5.41) is 2.47. The maximum Gasteiger partial charge on any atom is 0.112 e. The lowest BCUT2D eigenvalue weighted by Crippen LogP contribution is -2.81. The van der Waals surface area contributed by atoms with Gasteiger partial charge in [-0.05, 0) is 13.8 Å². The summed E-state index contributed by atoms with van der Waals surface area (Å²) in [5.41, 5.74) is 4.32. The quantitative estimate of drug-likeness (QED) is 0.670. The van der Waals surface area contributed by atoms with E-state index in [2.05, 4.69) is 37.4 Å². The molecule has 0 aromatic heterocycles. The summed E-state index contributed by atoms with van der Waals surface area (Å²) in [6.07, 6.45) is 2.72. The van der Waals surface area contributed by atoms with Crippen molar-refractivity contribution < 1.29 is 5.32 Å². The maximum atomic E-state index is 2.47. The van der Waals surface area contributed by atoms with Crippen molar-refractivity contribution in [2.75, 3.05) is 6.54 Å². The van der Waals surface area contributed by atoms with Crippen LogP contribution in [0.1, 0.15) is 35.6 Å². The molecule has 1 aliphatic heterocycles. The fraction of sp³-hybridized carbons (Fsp3) is 0.500. The van der Waals surface area contributed by atoms with Gasteiger partial charge in [-0.2, -0.15) is 0 Å². The molecule has 1 aliphatic rings. The number of hydrogen-bond donors (Lipinski definition) is 1. The molecule has 0 unspecified atom stereocenters. The fourth-order valence-corrected chi connectivity index (χ4v) is 2.30. The van der Waals surface area contributed by atoms with Crippen LogP contribution in [-0.4, -0.2) is 6.54 Å². The second-order valence-electron chi connectivity index (χ2n) is 4.19. The number of rotatable bonds is 1. The molecule has 1 saturated heterocycles. The molecule has 1 fully saturated rings. The second-order valence-corrected chi connectivity index (χ2v) is 4.19. The van der Waals surface area contributed by atoms with Crippen LogP contribution in [0.25, 0.3) is 0 Å². The van der Waals surface area contributed by atoms with Crippen LogP contribution in [-0.2, 0) is 0 Å². The third-order valence-electron chi connectivity index (χ3n) is 2.84. The highest BCUT2D eigenvalue weighted by molar-refractivity contribution is 5.29. The van der Waals surface area contributed by atoms with E-state index in [0.717, 1.165) is 6.04 Å². The Balaban J connectivity index is 2.28. The van der Waals surface area contributed by atoms with Crippen LogP contribution in [0.15, 0.2) is 18.2 Å². The fourth-order valence-electron chi connectivity index (χ4n) is 2.30. The molecule has 0 saturated carbocycles. The van der Waals surface area contributed by atoms with Crippen LogP contribution in [0.3, 0.4) is 0 Å². The molecule has 0 aliphatic carbocycles.